The number of carbonyl (C=O) groups is 2. The van der Waals surface area contributed by atoms with E-state index in [2.05, 4.69) is 0 Å². The van der Waals surface area contributed by atoms with E-state index < -0.39 is 41.1 Å². The van der Waals surface area contributed by atoms with Gasteiger partial charge in [0.05, 0.1) is 22.0 Å². The lowest BCUT2D eigenvalue weighted by molar-refractivity contribution is 0.0694. The average Bonchev–Trinajstić information content (AvgIpc) is 3.48. The standard InChI is InChI=1S/C29H21ClF2N2O5/c30-25-24(22(32)9-19-26(25)34(23-10-21(23)31)13-20(27(19)35)28(36)37)16-6-7-17-11-33(12-18(17)8-16)29(38)39-14-15-4-2-1-3-5-15/h1-9,13,21,23H,10-12,14H2,(H,36,37)/t21-,23+/m0/s1. The Labute approximate surface area is 225 Å². The number of halogens is 3. The molecular weight excluding hydrogens is 530 g/mol. The number of benzene rings is 3. The van der Waals surface area contributed by atoms with Crippen molar-refractivity contribution in [1.29, 1.82) is 0 Å². The molecule has 1 amide bonds. The normalized spacial score (nSPS) is 17.8. The molecule has 2 aliphatic rings. The lowest BCUT2D eigenvalue weighted by Crippen LogP contribution is -2.25. The van der Waals surface area contributed by atoms with Crippen molar-refractivity contribution in [1.82, 2.24) is 9.47 Å². The minimum Gasteiger partial charge on any atom is -0.477 e. The zero-order chi connectivity index (χ0) is 27.4. The maximum Gasteiger partial charge on any atom is 0.410 e. The summed E-state index contributed by atoms with van der Waals surface area (Å²) in [5.74, 6) is -2.30. The molecule has 7 nitrogen and oxygen atoms in total. The lowest BCUT2D eigenvalue weighted by Gasteiger charge is -2.16. The van der Waals surface area contributed by atoms with Gasteiger partial charge in [-0.05, 0) is 34.4 Å². The van der Waals surface area contributed by atoms with Gasteiger partial charge in [0, 0.05) is 31.3 Å². The number of hydrogen-bond acceptors (Lipinski definition) is 4. The van der Waals surface area contributed by atoms with Crippen LogP contribution in [0.1, 0.15) is 39.5 Å². The molecule has 2 heterocycles. The van der Waals surface area contributed by atoms with Gasteiger partial charge in [-0.3, -0.25) is 9.69 Å². The molecule has 0 bridgehead atoms. The van der Waals surface area contributed by atoms with Crippen molar-refractivity contribution in [2.75, 3.05) is 0 Å². The monoisotopic (exact) mass is 550 g/mol. The van der Waals surface area contributed by atoms with Gasteiger partial charge in [0.25, 0.3) is 0 Å². The largest absolute Gasteiger partial charge is 0.477 e. The van der Waals surface area contributed by atoms with Crippen LogP contribution in [0.15, 0.2) is 65.6 Å². The van der Waals surface area contributed by atoms with Gasteiger partial charge in [-0.25, -0.2) is 18.4 Å². The molecule has 1 aromatic heterocycles. The molecule has 3 aromatic carbocycles. The molecule has 0 saturated heterocycles. The first-order valence-electron chi connectivity index (χ1n) is 12.2. The molecule has 6 rings (SSSR count). The van der Waals surface area contributed by atoms with Crippen LogP contribution in [0.25, 0.3) is 22.0 Å². The number of pyridine rings is 1. The van der Waals surface area contributed by atoms with E-state index in [4.69, 9.17) is 16.3 Å². The molecule has 4 aromatic rings. The van der Waals surface area contributed by atoms with Gasteiger partial charge in [0.2, 0.25) is 5.43 Å². The van der Waals surface area contributed by atoms with Crippen molar-refractivity contribution < 1.29 is 28.2 Å². The number of carbonyl (C=O) groups excluding carboxylic acids is 1. The van der Waals surface area contributed by atoms with E-state index in [1.54, 1.807) is 18.2 Å². The van der Waals surface area contributed by atoms with Gasteiger partial charge < -0.3 is 14.4 Å². The summed E-state index contributed by atoms with van der Waals surface area (Å²) in [6.07, 6.45) is -0.494. The highest BCUT2D eigenvalue weighted by Gasteiger charge is 2.41. The highest BCUT2D eigenvalue weighted by molar-refractivity contribution is 6.38. The lowest BCUT2D eigenvalue weighted by atomic mass is 9.98. The predicted molar refractivity (Wildman–Crippen MR) is 140 cm³/mol. The summed E-state index contributed by atoms with van der Waals surface area (Å²) in [6.45, 7) is 0.720. The Morgan fingerprint density at radius 2 is 1.79 bits per heavy atom. The van der Waals surface area contributed by atoms with Crippen LogP contribution in [0.2, 0.25) is 5.02 Å². The maximum absolute atomic E-state index is 15.5. The van der Waals surface area contributed by atoms with Gasteiger partial charge in [0.1, 0.15) is 24.2 Å². The molecule has 1 fully saturated rings. The summed E-state index contributed by atoms with van der Waals surface area (Å²) in [5.41, 5.74) is 1.54. The van der Waals surface area contributed by atoms with Gasteiger partial charge >= 0.3 is 12.1 Å². The number of ether oxygens (including phenoxy) is 1. The molecular formula is C29H21ClF2N2O5. The number of aromatic nitrogens is 1. The van der Waals surface area contributed by atoms with Crippen LogP contribution in [0, 0.1) is 5.82 Å². The average molecular weight is 551 g/mol. The van der Waals surface area contributed by atoms with Crippen LogP contribution in [0.4, 0.5) is 13.6 Å². The summed E-state index contributed by atoms with van der Waals surface area (Å²) in [5, 5.41) is 9.12. The number of hydrogen-bond donors (Lipinski definition) is 1. The second-order valence-electron chi connectivity index (χ2n) is 9.73. The summed E-state index contributed by atoms with van der Waals surface area (Å²) in [4.78, 5) is 38.7. The van der Waals surface area contributed by atoms with Crippen LogP contribution in [-0.4, -0.2) is 32.8 Å². The molecule has 1 N–H and O–H groups in total. The summed E-state index contributed by atoms with van der Waals surface area (Å²) >= 11 is 6.69. The first-order chi connectivity index (χ1) is 18.7. The summed E-state index contributed by atoms with van der Waals surface area (Å²) in [7, 11) is 0. The van der Waals surface area contributed by atoms with Crippen LogP contribution in [0.3, 0.4) is 0 Å². The van der Waals surface area contributed by atoms with Crippen molar-refractivity contribution in [2.45, 2.75) is 38.3 Å². The van der Waals surface area contributed by atoms with Crippen molar-refractivity contribution >= 4 is 34.6 Å². The number of alkyl halides is 1. The third kappa shape index (κ3) is 4.42. The summed E-state index contributed by atoms with van der Waals surface area (Å²) < 4.78 is 36.3. The van der Waals surface area contributed by atoms with Crippen LogP contribution in [0.5, 0.6) is 0 Å². The number of aromatic carboxylic acids is 1. The first-order valence-corrected chi connectivity index (χ1v) is 12.6. The topological polar surface area (TPSA) is 88.8 Å². The van der Waals surface area contributed by atoms with Crippen LogP contribution in [-0.2, 0) is 24.4 Å². The Balaban J connectivity index is 1.34. The highest BCUT2D eigenvalue weighted by atomic mass is 35.5. The zero-order valence-electron chi connectivity index (χ0n) is 20.4. The number of amides is 1. The smallest absolute Gasteiger partial charge is 0.410 e. The quantitative estimate of drug-likeness (QED) is 0.325. The molecule has 39 heavy (non-hydrogen) atoms. The first kappa shape index (κ1) is 25.1. The van der Waals surface area contributed by atoms with Crippen LogP contribution < -0.4 is 5.43 Å². The van der Waals surface area contributed by atoms with Gasteiger partial charge in [-0.2, -0.15) is 0 Å². The van der Waals surface area contributed by atoms with E-state index in [1.807, 2.05) is 30.3 Å². The van der Waals surface area contributed by atoms with Crippen molar-refractivity contribution in [3.05, 3.63) is 104 Å². The molecule has 0 spiro atoms. The molecule has 0 radical (unpaired) electrons. The Bertz CT molecular complexity index is 1720. The Hall–Kier alpha value is -4.24. The highest BCUT2D eigenvalue weighted by Crippen LogP contribution is 2.44. The third-order valence-corrected chi connectivity index (χ3v) is 7.53. The molecule has 2 atom stereocenters. The number of rotatable bonds is 5. The van der Waals surface area contributed by atoms with E-state index in [-0.39, 0.29) is 41.1 Å². The molecule has 0 unspecified atom stereocenters. The molecule has 1 saturated carbocycles. The van der Waals surface area contributed by atoms with Crippen molar-refractivity contribution in [3.8, 4) is 11.1 Å². The second kappa shape index (κ2) is 9.50. The van der Waals surface area contributed by atoms with E-state index >= 15 is 4.39 Å². The van der Waals surface area contributed by atoms with Crippen molar-refractivity contribution in [2.24, 2.45) is 0 Å². The SMILES string of the molecule is O=C(O)c1cn([C@@H]2C[C@@H]2F)c2c(Cl)c(-c3ccc4c(c3)CN(C(=O)OCc3ccccc3)C4)c(F)cc2c1=O. The van der Waals surface area contributed by atoms with E-state index in [9.17, 15) is 23.9 Å². The van der Waals surface area contributed by atoms with E-state index in [0.717, 1.165) is 29.0 Å². The Morgan fingerprint density at radius 1 is 1.08 bits per heavy atom. The number of nitrogens with zero attached hydrogens (tertiary/aromatic N) is 2. The third-order valence-electron chi connectivity index (χ3n) is 7.16. The van der Waals surface area contributed by atoms with Gasteiger partial charge in [-0.15, -0.1) is 0 Å². The van der Waals surface area contributed by atoms with Gasteiger partial charge in [0.15, 0.2) is 0 Å². The Kier molecular flexibility index (Phi) is 6.10. The maximum atomic E-state index is 15.5. The van der Waals surface area contributed by atoms with Gasteiger partial charge in [-0.1, -0.05) is 54.1 Å². The molecule has 1 aliphatic heterocycles. The molecule has 10 heteroatoms. The minimum atomic E-state index is -1.49. The number of carboxylic acids is 1. The number of carboxylic acid groups (broad SMARTS) is 1. The summed E-state index contributed by atoms with van der Waals surface area (Å²) in [6, 6.07) is 14.7. The predicted octanol–water partition coefficient (Wildman–Crippen LogP) is 6.09. The Morgan fingerprint density at radius 3 is 2.49 bits per heavy atom. The molecule has 1 aliphatic carbocycles. The van der Waals surface area contributed by atoms with E-state index in [1.165, 1.54) is 9.47 Å². The fourth-order valence-electron chi connectivity index (χ4n) is 5.05. The second-order valence-corrected chi connectivity index (χ2v) is 10.1. The van der Waals surface area contributed by atoms with Crippen molar-refractivity contribution in [3.63, 3.8) is 0 Å². The molecule has 198 valence electrons. The van der Waals surface area contributed by atoms with Crippen LogP contribution >= 0.6 is 11.6 Å². The fourth-order valence-corrected chi connectivity index (χ4v) is 5.45. The number of fused-ring (bicyclic) bond motifs is 2. The minimum absolute atomic E-state index is 0.00403. The van der Waals surface area contributed by atoms with E-state index in [0.29, 0.717) is 12.1 Å². The zero-order valence-corrected chi connectivity index (χ0v) is 21.1. The fraction of sp³-hybridized carbons (Fsp3) is 0.207.